The van der Waals surface area contributed by atoms with Gasteiger partial charge in [-0.3, -0.25) is 0 Å². The van der Waals surface area contributed by atoms with Crippen molar-refractivity contribution >= 4 is 35.6 Å². The summed E-state index contributed by atoms with van der Waals surface area (Å²) >= 11 is 12.3. The highest BCUT2D eigenvalue weighted by Gasteiger charge is 2.40. The highest BCUT2D eigenvalue weighted by molar-refractivity contribution is 6.36. The van der Waals surface area contributed by atoms with E-state index in [1.807, 2.05) is 18.2 Å². The average molecular weight is 267 g/mol. The van der Waals surface area contributed by atoms with Gasteiger partial charge in [0.05, 0.1) is 0 Å². The molecule has 1 aliphatic rings. The van der Waals surface area contributed by atoms with Gasteiger partial charge in [0.2, 0.25) is 0 Å². The summed E-state index contributed by atoms with van der Waals surface area (Å²) in [7, 11) is 0. The number of hydrogen-bond donors (Lipinski definition) is 1. The Morgan fingerprint density at radius 2 is 1.73 bits per heavy atom. The van der Waals surface area contributed by atoms with Crippen molar-refractivity contribution in [2.75, 3.05) is 6.54 Å². The Labute approximate surface area is 106 Å². The van der Waals surface area contributed by atoms with Crippen LogP contribution in [0.4, 0.5) is 0 Å². The van der Waals surface area contributed by atoms with E-state index in [9.17, 15) is 0 Å². The van der Waals surface area contributed by atoms with Crippen molar-refractivity contribution in [2.24, 2.45) is 5.73 Å². The smallest absolute Gasteiger partial charge is 0.0459 e. The number of benzene rings is 1. The van der Waals surface area contributed by atoms with Crippen LogP contribution in [0.3, 0.4) is 0 Å². The van der Waals surface area contributed by atoms with Gasteiger partial charge in [-0.15, -0.1) is 12.4 Å². The van der Waals surface area contributed by atoms with Crippen LogP contribution in [0.5, 0.6) is 0 Å². The van der Waals surface area contributed by atoms with Crippen molar-refractivity contribution < 1.29 is 0 Å². The van der Waals surface area contributed by atoms with Gasteiger partial charge in [-0.25, -0.2) is 0 Å². The van der Waals surface area contributed by atoms with Crippen LogP contribution in [0.25, 0.3) is 0 Å². The normalized spacial score (nSPS) is 17.8. The molecule has 84 valence electrons. The van der Waals surface area contributed by atoms with Gasteiger partial charge in [0.15, 0.2) is 0 Å². The summed E-state index contributed by atoms with van der Waals surface area (Å²) in [5.41, 5.74) is 6.93. The van der Waals surface area contributed by atoms with E-state index in [2.05, 4.69) is 0 Å². The van der Waals surface area contributed by atoms with Gasteiger partial charge in [-0.1, -0.05) is 35.7 Å². The zero-order valence-corrected chi connectivity index (χ0v) is 10.6. The van der Waals surface area contributed by atoms with Crippen LogP contribution < -0.4 is 5.73 Å². The predicted molar refractivity (Wildman–Crippen MR) is 68.3 cm³/mol. The Morgan fingerprint density at radius 3 is 2.07 bits per heavy atom. The summed E-state index contributed by atoms with van der Waals surface area (Å²) in [6.45, 7) is 0.635. The van der Waals surface area contributed by atoms with Crippen LogP contribution >= 0.6 is 35.6 Å². The van der Waals surface area contributed by atoms with Crippen molar-refractivity contribution in [3.05, 3.63) is 33.8 Å². The minimum Gasteiger partial charge on any atom is -0.330 e. The summed E-state index contributed by atoms with van der Waals surface area (Å²) in [6, 6.07) is 5.65. The summed E-state index contributed by atoms with van der Waals surface area (Å²) in [6.07, 6.45) is 3.43. The Bertz CT molecular complexity index is 322. The Morgan fingerprint density at radius 1 is 1.20 bits per heavy atom. The summed E-state index contributed by atoms with van der Waals surface area (Å²) in [4.78, 5) is 0. The fourth-order valence-electron chi connectivity index (χ4n) is 2.16. The molecule has 0 aliphatic heterocycles. The molecule has 2 N–H and O–H groups in total. The molecule has 1 aromatic rings. The molecule has 1 aliphatic carbocycles. The fourth-order valence-corrected chi connectivity index (χ4v) is 2.96. The monoisotopic (exact) mass is 265 g/mol. The van der Waals surface area contributed by atoms with Crippen molar-refractivity contribution in [1.29, 1.82) is 0 Å². The fraction of sp³-hybridized carbons (Fsp3) is 0.455. The molecule has 0 atom stereocenters. The molecule has 0 radical (unpaired) electrons. The molecule has 0 unspecified atom stereocenters. The van der Waals surface area contributed by atoms with Gasteiger partial charge in [0, 0.05) is 22.0 Å². The lowest BCUT2D eigenvalue weighted by molar-refractivity contribution is 0.253. The third-order valence-corrected chi connectivity index (χ3v) is 3.82. The van der Waals surface area contributed by atoms with Gasteiger partial charge in [-0.05, 0) is 30.5 Å². The van der Waals surface area contributed by atoms with E-state index in [4.69, 9.17) is 28.9 Å². The molecular weight excluding hydrogens is 252 g/mol. The lowest BCUT2D eigenvalue weighted by atomic mass is 9.64. The molecule has 0 aromatic heterocycles. The van der Waals surface area contributed by atoms with Gasteiger partial charge >= 0.3 is 0 Å². The van der Waals surface area contributed by atoms with E-state index >= 15 is 0 Å². The molecule has 1 fully saturated rings. The molecule has 0 amide bonds. The third-order valence-electron chi connectivity index (χ3n) is 3.19. The van der Waals surface area contributed by atoms with E-state index in [-0.39, 0.29) is 17.8 Å². The summed E-state index contributed by atoms with van der Waals surface area (Å²) < 4.78 is 0. The molecule has 0 bridgehead atoms. The first-order valence-electron chi connectivity index (χ1n) is 4.84. The van der Waals surface area contributed by atoms with Crippen molar-refractivity contribution in [2.45, 2.75) is 24.7 Å². The second-order valence-electron chi connectivity index (χ2n) is 3.93. The molecule has 2 rings (SSSR count). The molecular formula is C11H14Cl3N. The van der Waals surface area contributed by atoms with E-state index in [1.54, 1.807) is 0 Å². The second-order valence-corrected chi connectivity index (χ2v) is 4.75. The van der Waals surface area contributed by atoms with E-state index < -0.39 is 0 Å². The van der Waals surface area contributed by atoms with Crippen LogP contribution in [0, 0.1) is 0 Å². The van der Waals surface area contributed by atoms with Crippen LogP contribution in [0.2, 0.25) is 10.0 Å². The number of hydrogen-bond acceptors (Lipinski definition) is 1. The highest BCUT2D eigenvalue weighted by Crippen LogP contribution is 2.47. The van der Waals surface area contributed by atoms with E-state index in [0.29, 0.717) is 6.54 Å². The molecule has 0 spiro atoms. The predicted octanol–water partition coefficient (Wildman–Crippen LogP) is 3.80. The highest BCUT2D eigenvalue weighted by atomic mass is 35.5. The Hall–Kier alpha value is 0.0500. The quantitative estimate of drug-likeness (QED) is 0.866. The second kappa shape index (κ2) is 4.92. The SMILES string of the molecule is Cl.NCC1(c2c(Cl)cccc2Cl)CCC1. The molecule has 0 heterocycles. The molecule has 1 saturated carbocycles. The van der Waals surface area contributed by atoms with Gasteiger partial charge in [0.25, 0.3) is 0 Å². The summed E-state index contributed by atoms with van der Waals surface area (Å²) in [5.74, 6) is 0. The maximum atomic E-state index is 6.17. The van der Waals surface area contributed by atoms with Crippen LogP contribution in [0.1, 0.15) is 24.8 Å². The maximum absolute atomic E-state index is 6.17. The topological polar surface area (TPSA) is 26.0 Å². The zero-order chi connectivity index (χ0) is 10.2. The first-order valence-corrected chi connectivity index (χ1v) is 5.60. The molecule has 15 heavy (non-hydrogen) atoms. The summed E-state index contributed by atoms with van der Waals surface area (Å²) in [5, 5.41) is 1.50. The minimum atomic E-state index is 0. The first-order chi connectivity index (χ1) is 6.69. The molecule has 4 heteroatoms. The molecule has 1 nitrogen and oxygen atoms in total. The third kappa shape index (κ3) is 2.12. The maximum Gasteiger partial charge on any atom is 0.0459 e. The minimum absolute atomic E-state index is 0. The van der Waals surface area contributed by atoms with Gasteiger partial charge in [0.1, 0.15) is 0 Å². The van der Waals surface area contributed by atoms with Gasteiger partial charge < -0.3 is 5.73 Å². The van der Waals surface area contributed by atoms with E-state index in [1.165, 1.54) is 6.42 Å². The number of rotatable bonds is 2. The van der Waals surface area contributed by atoms with Gasteiger partial charge in [-0.2, -0.15) is 0 Å². The largest absolute Gasteiger partial charge is 0.330 e. The van der Waals surface area contributed by atoms with Crippen molar-refractivity contribution in [3.8, 4) is 0 Å². The van der Waals surface area contributed by atoms with Crippen molar-refractivity contribution in [3.63, 3.8) is 0 Å². The average Bonchev–Trinajstić information content (AvgIpc) is 2.08. The van der Waals surface area contributed by atoms with Crippen LogP contribution in [-0.2, 0) is 5.41 Å². The first kappa shape index (κ1) is 13.1. The number of halogens is 3. The molecule has 0 saturated heterocycles. The Kier molecular flexibility index (Phi) is 4.30. The number of nitrogens with two attached hydrogens (primary N) is 1. The van der Waals surface area contributed by atoms with Crippen molar-refractivity contribution in [1.82, 2.24) is 0 Å². The van der Waals surface area contributed by atoms with Crippen LogP contribution in [0.15, 0.2) is 18.2 Å². The van der Waals surface area contributed by atoms with Crippen LogP contribution in [-0.4, -0.2) is 6.54 Å². The molecule has 1 aromatic carbocycles. The zero-order valence-electron chi connectivity index (χ0n) is 8.30. The lowest BCUT2D eigenvalue weighted by Gasteiger charge is -2.42. The van der Waals surface area contributed by atoms with E-state index in [0.717, 1.165) is 28.5 Å². The standard InChI is InChI=1S/C11H13Cl2N.ClH/c12-8-3-1-4-9(13)10(8)11(7-14)5-2-6-11;/h1,3-4H,2,5-7,14H2;1H. The Balaban J connectivity index is 0.00000112. The lowest BCUT2D eigenvalue weighted by Crippen LogP contribution is -2.42.